The minimum atomic E-state index is -4.01. The average Bonchev–Trinajstić information content (AvgIpc) is 2.41. The van der Waals surface area contributed by atoms with E-state index in [0.29, 0.717) is 12.8 Å². The molecule has 0 spiro atoms. The molecule has 0 bridgehead atoms. The number of methoxy groups -OCH3 is 3. The van der Waals surface area contributed by atoms with Crippen LogP contribution < -0.4 is 0 Å². The van der Waals surface area contributed by atoms with Crippen LogP contribution in [0.15, 0.2) is 0 Å². The van der Waals surface area contributed by atoms with E-state index in [0.717, 1.165) is 32.1 Å². The molecule has 0 aliphatic carbocycles. The van der Waals surface area contributed by atoms with Gasteiger partial charge in [-0.15, -0.1) is 0 Å². The van der Waals surface area contributed by atoms with E-state index in [4.69, 9.17) is 14.2 Å². The summed E-state index contributed by atoms with van der Waals surface area (Å²) in [6, 6.07) is 0. The predicted octanol–water partition coefficient (Wildman–Crippen LogP) is 4.65. The van der Waals surface area contributed by atoms with Crippen LogP contribution in [-0.2, 0) is 14.2 Å². The molecule has 3 nitrogen and oxygen atoms in total. The van der Waals surface area contributed by atoms with Gasteiger partial charge in [-0.3, -0.25) is 0 Å². The molecule has 0 aromatic heterocycles. The highest BCUT2D eigenvalue weighted by atomic mass is 19.4. The van der Waals surface area contributed by atoms with Crippen LogP contribution in [0.4, 0.5) is 13.2 Å². The van der Waals surface area contributed by atoms with Crippen LogP contribution in [0.1, 0.15) is 57.8 Å². The maximum Gasteiger partial charge on any atom is 0.389 e. The first-order chi connectivity index (χ1) is 9.39. The van der Waals surface area contributed by atoms with Crippen LogP contribution in [-0.4, -0.2) is 33.5 Å². The van der Waals surface area contributed by atoms with E-state index in [9.17, 15) is 13.2 Å². The highest BCUT2D eigenvalue weighted by molar-refractivity contribution is 4.57. The van der Waals surface area contributed by atoms with Gasteiger partial charge in [0.1, 0.15) is 0 Å². The van der Waals surface area contributed by atoms with Crippen molar-refractivity contribution in [3.8, 4) is 0 Å². The lowest BCUT2D eigenvalue weighted by Gasteiger charge is -2.28. The van der Waals surface area contributed by atoms with Crippen molar-refractivity contribution in [2.75, 3.05) is 21.3 Å². The summed E-state index contributed by atoms with van der Waals surface area (Å²) in [4.78, 5) is 0. The van der Waals surface area contributed by atoms with E-state index in [2.05, 4.69) is 0 Å². The van der Waals surface area contributed by atoms with Crippen LogP contribution in [0.5, 0.6) is 0 Å². The van der Waals surface area contributed by atoms with Gasteiger partial charge in [-0.2, -0.15) is 13.2 Å². The maximum atomic E-state index is 11.9. The summed E-state index contributed by atoms with van der Waals surface area (Å²) in [5, 5.41) is 0. The molecular formula is C14H27F3O3. The van der Waals surface area contributed by atoms with Gasteiger partial charge in [-0.05, 0) is 12.8 Å². The number of hydrogen-bond acceptors (Lipinski definition) is 3. The topological polar surface area (TPSA) is 27.7 Å². The van der Waals surface area contributed by atoms with Crippen LogP contribution in [0.3, 0.4) is 0 Å². The van der Waals surface area contributed by atoms with E-state index in [-0.39, 0.29) is 6.42 Å². The standard InChI is InChI=1S/C14H27F3O3/c1-18-14(19-2,20-3)12-10-8-6-4-5-7-9-11-13(15,16)17/h4-12H2,1-3H3. The SMILES string of the molecule is COC(CCCCCCCCCC(F)(F)F)(OC)OC. The first-order valence-electron chi connectivity index (χ1n) is 7.11. The van der Waals surface area contributed by atoms with E-state index < -0.39 is 18.6 Å². The molecule has 0 aliphatic rings. The van der Waals surface area contributed by atoms with Crippen molar-refractivity contribution in [2.24, 2.45) is 0 Å². The third-order valence-electron chi connectivity index (χ3n) is 3.38. The Morgan fingerprint density at radius 1 is 0.600 bits per heavy atom. The van der Waals surface area contributed by atoms with E-state index >= 15 is 0 Å². The molecule has 0 atom stereocenters. The fourth-order valence-corrected chi connectivity index (χ4v) is 2.11. The van der Waals surface area contributed by atoms with Crippen LogP contribution in [0, 0.1) is 0 Å². The quantitative estimate of drug-likeness (QED) is 0.388. The molecule has 0 N–H and O–H groups in total. The van der Waals surface area contributed by atoms with Crippen LogP contribution >= 0.6 is 0 Å². The summed E-state index contributed by atoms with van der Waals surface area (Å²) in [5.74, 6) is -0.966. The molecule has 0 unspecified atom stereocenters. The first-order valence-corrected chi connectivity index (χ1v) is 7.11. The lowest BCUT2D eigenvalue weighted by atomic mass is 10.1. The summed E-state index contributed by atoms with van der Waals surface area (Å²) in [7, 11) is 4.61. The van der Waals surface area contributed by atoms with Gasteiger partial charge in [-0.25, -0.2) is 0 Å². The number of hydrogen-bond donors (Lipinski definition) is 0. The highest BCUT2D eigenvalue weighted by Crippen LogP contribution is 2.24. The van der Waals surface area contributed by atoms with Crippen molar-refractivity contribution < 1.29 is 27.4 Å². The van der Waals surface area contributed by atoms with Crippen molar-refractivity contribution >= 4 is 0 Å². The third-order valence-corrected chi connectivity index (χ3v) is 3.38. The van der Waals surface area contributed by atoms with Crippen molar-refractivity contribution in [3.05, 3.63) is 0 Å². The normalized spacial score (nSPS) is 12.9. The van der Waals surface area contributed by atoms with Gasteiger partial charge in [0, 0.05) is 34.2 Å². The number of ether oxygens (including phenoxy) is 3. The number of rotatable bonds is 12. The summed E-state index contributed by atoms with van der Waals surface area (Å²) in [6.45, 7) is 0. The molecule has 20 heavy (non-hydrogen) atoms. The Morgan fingerprint density at radius 3 is 1.30 bits per heavy atom. The molecule has 0 heterocycles. The molecule has 0 radical (unpaired) electrons. The summed E-state index contributed by atoms with van der Waals surface area (Å²) in [5.41, 5.74) is 0. The Bertz CT molecular complexity index is 220. The summed E-state index contributed by atoms with van der Waals surface area (Å²) >= 11 is 0. The van der Waals surface area contributed by atoms with Crippen molar-refractivity contribution in [1.29, 1.82) is 0 Å². The minimum absolute atomic E-state index is 0.240. The Kier molecular flexibility index (Phi) is 10.2. The van der Waals surface area contributed by atoms with Gasteiger partial charge < -0.3 is 14.2 Å². The lowest BCUT2D eigenvalue weighted by molar-refractivity contribution is -0.355. The van der Waals surface area contributed by atoms with Crippen LogP contribution in [0.2, 0.25) is 0 Å². The van der Waals surface area contributed by atoms with E-state index in [1.807, 2.05) is 0 Å². The number of halogens is 3. The Hall–Kier alpha value is -0.330. The van der Waals surface area contributed by atoms with Gasteiger partial charge in [0.05, 0.1) is 0 Å². The lowest BCUT2D eigenvalue weighted by Crippen LogP contribution is -2.35. The number of alkyl halides is 3. The molecule has 122 valence electrons. The zero-order chi connectivity index (χ0) is 15.5. The summed E-state index contributed by atoms with van der Waals surface area (Å²) in [6.07, 6.45) is 1.60. The minimum Gasteiger partial charge on any atom is -0.331 e. The van der Waals surface area contributed by atoms with Gasteiger partial charge in [0.2, 0.25) is 0 Å². The molecule has 0 rings (SSSR count). The fraction of sp³-hybridized carbons (Fsp3) is 1.00. The van der Waals surface area contributed by atoms with E-state index in [1.54, 1.807) is 0 Å². The molecule has 0 saturated carbocycles. The molecule has 0 aromatic rings. The van der Waals surface area contributed by atoms with Crippen molar-refractivity contribution in [2.45, 2.75) is 69.9 Å². The third kappa shape index (κ3) is 9.55. The second-order valence-electron chi connectivity index (χ2n) is 4.89. The molecule has 6 heteroatoms. The Balaban J connectivity index is 3.45. The van der Waals surface area contributed by atoms with Crippen molar-refractivity contribution in [1.82, 2.24) is 0 Å². The highest BCUT2D eigenvalue weighted by Gasteiger charge is 2.28. The first kappa shape index (κ1) is 19.7. The zero-order valence-corrected chi connectivity index (χ0v) is 12.7. The van der Waals surface area contributed by atoms with Crippen molar-refractivity contribution in [3.63, 3.8) is 0 Å². The summed E-state index contributed by atoms with van der Waals surface area (Å²) < 4.78 is 51.3. The van der Waals surface area contributed by atoms with E-state index in [1.165, 1.54) is 21.3 Å². The molecule has 0 amide bonds. The maximum absolute atomic E-state index is 11.9. The average molecular weight is 300 g/mol. The second-order valence-corrected chi connectivity index (χ2v) is 4.89. The monoisotopic (exact) mass is 300 g/mol. The van der Waals surface area contributed by atoms with Gasteiger partial charge in [-0.1, -0.05) is 32.1 Å². The Morgan fingerprint density at radius 2 is 0.950 bits per heavy atom. The second kappa shape index (κ2) is 10.4. The largest absolute Gasteiger partial charge is 0.389 e. The predicted molar refractivity (Wildman–Crippen MR) is 71.4 cm³/mol. The van der Waals surface area contributed by atoms with Gasteiger partial charge >= 0.3 is 6.18 Å². The molecular weight excluding hydrogens is 273 g/mol. The van der Waals surface area contributed by atoms with Gasteiger partial charge in [0.15, 0.2) is 0 Å². The van der Waals surface area contributed by atoms with Gasteiger partial charge in [0.25, 0.3) is 5.97 Å². The fourth-order valence-electron chi connectivity index (χ4n) is 2.11. The van der Waals surface area contributed by atoms with Crippen LogP contribution in [0.25, 0.3) is 0 Å². The molecule has 0 fully saturated rings. The smallest absolute Gasteiger partial charge is 0.331 e. The molecule has 0 aliphatic heterocycles. The number of unbranched alkanes of at least 4 members (excludes halogenated alkanes) is 6. The molecule has 0 saturated heterocycles. The zero-order valence-electron chi connectivity index (χ0n) is 12.7. The Labute approximate surface area is 119 Å². The molecule has 0 aromatic carbocycles.